The van der Waals surface area contributed by atoms with Crippen molar-refractivity contribution in [1.29, 1.82) is 0 Å². The van der Waals surface area contributed by atoms with Crippen LogP contribution in [0.15, 0.2) is 42.7 Å². The van der Waals surface area contributed by atoms with E-state index in [0.29, 0.717) is 24.1 Å². The lowest BCUT2D eigenvalue weighted by molar-refractivity contribution is 0.0937. The summed E-state index contributed by atoms with van der Waals surface area (Å²) >= 11 is 0. The highest BCUT2D eigenvalue weighted by Crippen LogP contribution is 2.18. The van der Waals surface area contributed by atoms with E-state index in [1.165, 1.54) is 12.8 Å². The molecule has 3 rings (SSSR count). The number of carbonyl (C=O) groups is 1. The van der Waals surface area contributed by atoms with Gasteiger partial charge in [0.05, 0.1) is 5.56 Å². The van der Waals surface area contributed by atoms with Gasteiger partial charge in [0.15, 0.2) is 0 Å². The smallest absolute Gasteiger partial charge is 0.254 e. The standard InChI is InChI=1S/C17H20N4O/c22-16(21-15-8-4-5-9-15)14-11-19-17(20-12-14)18-10-13-6-2-1-3-7-13/h1-3,6-7,11-12,15H,4-5,8-10H2,(H,21,22)(H,18,19,20). The third kappa shape index (κ3) is 3.81. The fourth-order valence-electron chi connectivity index (χ4n) is 2.65. The molecule has 0 unspecified atom stereocenters. The van der Waals surface area contributed by atoms with E-state index in [0.717, 1.165) is 18.4 Å². The number of hydrogen-bond donors (Lipinski definition) is 2. The molecule has 1 aliphatic rings. The Balaban J connectivity index is 1.54. The van der Waals surface area contributed by atoms with Crippen LogP contribution in [-0.2, 0) is 6.54 Å². The van der Waals surface area contributed by atoms with E-state index in [9.17, 15) is 4.79 Å². The van der Waals surface area contributed by atoms with Crippen LogP contribution in [0, 0.1) is 0 Å². The molecule has 0 spiro atoms. The Kier molecular flexibility index (Phi) is 4.63. The van der Waals surface area contributed by atoms with Crippen LogP contribution in [0.25, 0.3) is 0 Å². The lowest BCUT2D eigenvalue weighted by atomic mass is 10.2. The summed E-state index contributed by atoms with van der Waals surface area (Å²) in [6.07, 6.45) is 7.69. The van der Waals surface area contributed by atoms with Crippen LogP contribution >= 0.6 is 0 Å². The average molecular weight is 296 g/mol. The van der Waals surface area contributed by atoms with Crippen molar-refractivity contribution >= 4 is 11.9 Å². The molecule has 22 heavy (non-hydrogen) atoms. The maximum absolute atomic E-state index is 12.1. The van der Waals surface area contributed by atoms with Gasteiger partial charge >= 0.3 is 0 Å². The van der Waals surface area contributed by atoms with Crippen molar-refractivity contribution in [3.63, 3.8) is 0 Å². The van der Waals surface area contributed by atoms with Gasteiger partial charge in [-0.3, -0.25) is 4.79 Å². The summed E-state index contributed by atoms with van der Waals surface area (Å²) < 4.78 is 0. The summed E-state index contributed by atoms with van der Waals surface area (Å²) in [5.41, 5.74) is 1.67. The molecule has 0 saturated heterocycles. The maximum Gasteiger partial charge on any atom is 0.254 e. The average Bonchev–Trinajstić information content (AvgIpc) is 3.07. The molecule has 0 bridgehead atoms. The molecule has 1 aliphatic carbocycles. The normalized spacial score (nSPS) is 14.7. The highest BCUT2D eigenvalue weighted by molar-refractivity contribution is 5.93. The highest BCUT2D eigenvalue weighted by Gasteiger charge is 2.18. The van der Waals surface area contributed by atoms with Gasteiger partial charge in [-0.2, -0.15) is 0 Å². The van der Waals surface area contributed by atoms with Gasteiger partial charge in [-0.1, -0.05) is 43.2 Å². The van der Waals surface area contributed by atoms with Gasteiger partial charge in [0.1, 0.15) is 0 Å². The summed E-state index contributed by atoms with van der Waals surface area (Å²) in [7, 11) is 0. The van der Waals surface area contributed by atoms with Gasteiger partial charge in [0.2, 0.25) is 5.95 Å². The van der Waals surface area contributed by atoms with Crippen LogP contribution in [0.3, 0.4) is 0 Å². The Bertz CT molecular complexity index is 606. The van der Waals surface area contributed by atoms with Gasteiger partial charge in [0, 0.05) is 25.0 Å². The molecule has 2 N–H and O–H groups in total. The molecule has 1 aromatic carbocycles. The summed E-state index contributed by atoms with van der Waals surface area (Å²) in [6, 6.07) is 10.4. The fourth-order valence-corrected chi connectivity index (χ4v) is 2.65. The van der Waals surface area contributed by atoms with E-state index in [2.05, 4.69) is 20.6 Å². The van der Waals surface area contributed by atoms with Crippen LogP contribution in [0.2, 0.25) is 0 Å². The molecule has 5 heteroatoms. The van der Waals surface area contributed by atoms with Crippen molar-refractivity contribution in [1.82, 2.24) is 15.3 Å². The second-order valence-electron chi connectivity index (χ2n) is 5.59. The van der Waals surface area contributed by atoms with Crippen molar-refractivity contribution in [3.05, 3.63) is 53.9 Å². The minimum atomic E-state index is -0.0819. The summed E-state index contributed by atoms with van der Waals surface area (Å²) in [4.78, 5) is 20.5. The quantitative estimate of drug-likeness (QED) is 0.890. The van der Waals surface area contributed by atoms with Crippen molar-refractivity contribution in [2.75, 3.05) is 5.32 Å². The van der Waals surface area contributed by atoms with E-state index >= 15 is 0 Å². The van der Waals surface area contributed by atoms with Gasteiger partial charge in [-0.25, -0.2) is 9.97 Å². The first-order chi connectivity index (χ1) is 10.8. The van der Waals surface area contributed by atoms with Crippen LogP contribution in [0.5, 0.6) is 0 Å². The lowest BCUT2D eigenvalue weighted by Gasteiger charge is -2.11. The minimum absolute atomic E-state index is 0.0819. The molecule has 5 nitrogen and oxygen atoms in total. The van der Waals surface area contributed by atoms with Gasteiger partial charge < -0.3 is 10.6 Å². The van der Waals surface area contributed by atoms with Crippen LogP contribution in [-0.4, -0.2) is 21.9 Å². The SMILES string of the molecule is O=C(NC1CCCC1)c1cnc(NCc2ccccc2)nc1. The van der Waals surface area contributed by atoms with Gasteiger partial charge in [-0.05, 0) is 18.4 Å². The first-order valence-electron chi connectivity index (χ1n) is 7.72. The number of amides is 1. The van der Waals surface area contributed by atoms with Crippen molar-refractivity contribution in [3.8, 4) is 0 Å². The first-order valence-corrected chi connectivity index (χ1v) is 7.72. The van der Waals surface area contributed by atoms with E-state index in [1.807, 2.05) is 30.3 Å². The molecule has 0 aliphatic heterocycles. The molecule has 1 fully saturated rings. The zero-order valence-corrected chi connectivity index (χ0v) is 12.5. The molecular formula is C17H20N4O. The number of aromatic nitrogens is 2. The van der Waals surface area contributed by atoms with Crippen LogP contribution < -0.4 is 10.6 Å². The second-order valence-corrected chi connectivity index (χ2v) is 5.59. The van der Waals surface area contributed by atoms with E-state index in [1.54, 1.807) is 12.4 Å². The number of hydrogen-bond acceptors (Lipinski definition) is 4. The third-order valence-electron chi connectivity index (χ3n) is 3.90. The number of nitrogens with zero attached hydrogens (tertiary/aromatic N) is 2. The number of rotatable bonds is 5. The first kappa shape index (κ1) is 14.5. The molecule has 1 saturated carbocycles. The Morgan fingerprint density at radius 2 is 1.77 bits per heavy atom. The molecule has 0 atom stereocenters. The van der Waals surface area contributed by atoms with Gasteiger partial charge in [-0.15, -0.1) is 0 Å². The maximum atomic E-state index is 12.1. The molecule has 1 aromatic heterocycles. The Labute approximate surface area is 130 Å². The number of anilines is 1. The molecule has 1 heterocycles. The van der Waals surface area contributed by atoms with Gasteiger partial charge in [0.25, 0.3) is 5.91 Å². The summed E-state index contributed by atoms with van der Waals surface area (Å²) in [5, 5.41) is 6.18. The Hall–Kier alpha value is -2.43. The monoisotopic (exact) mass is 296 g/mol. The zero-order chi connectivity index (χ0) is 15.2. The zero-order valence-electron chi connectivity index (χ0n) is 12.5. The van der Waals surface area contributed by atoms with Crippen LogP contribution in [0.1, 0.15) is 41.6 Å². The number of carbonyl (C=O) groups excluding carboxylic acids is 1. The third-order valence-corrected chi connectivity index (χ3v) is 3.90. The largest absolute Gasteiger partial charge is 0.350 e. The van der Waals surface area contributed by atoms with Crippen molar-refractivity contribution in [2.45, 2.75) is 38.3 Å². The molecule has 0 radical (unpaired) electrons. The van der Waals surface area contributed by atoms with E-state index in [-0.39, 0.29) is 5.91 Å². The molecule has 1 amide bonds. The molecule has 2 aromatic rings. The summed E-state index contributed by atoms with van der Waals surface area (Å²) in [5.74, 6) is 0.447. The number of benzene rings is 1. The predicted octanol–water partition coefficient (Wildman–Crippen LogP) is 2.76. The molecular weight excluding hydrogens is 276 g/mol. The topological polar surface area (TPSA) is 66.9 Å². The Morgan fingerprint density at radius 1 is 1.09 bits per heavy atom. The molecule has 114 valence electrons. The predicted molar refractivity (Wildman–Crippen MR) is 85.5 cm³/mol. The highest BCUT2D eigenvalue weighted by atomic mass is 16.1. The van der Waals surface area contributed by atoms with E-state index < -0.39 is 0 Å². The second kappa shape index (κ2) is 7.02. The fraction of sp³-hybridized carbons (Fsp3) is 0.353. The van der Waals surface area contributed by atoms with Crippen molar-refractivity contribution in [2.24, 2.45) is 0 Å². The van der Waals surface area contributed by atoms with E-state index in [4.69, 9.17) is 0 Å². The number of nitrogens with one attached hydrogen (secondary N) is 2. The minimum Gasteiger partial charge on any atom is -0.350 e. The lowest BCUT2D eigenvalue weighted by Crippen LogP contribution is -2.32. The Morgan fingerprint density at radius 3 is 2.45 bits per heavy atom. The van der Waals surface area contributed by atoms with Crippen molar-refractivity contribution < 1.29 is 4.79 Å². The summed E-state index contributed by atoms with van der Waals surface area (Å²) in [6.45, 7) is 0.661. The van der Waals surface area contributed by atoms with Crippen LogP contribution in [0.4, 0.5) is 5.95 Å².